The molecule has 1 aliphatic rings. The van der Waals surface area contributed by atoms with Gasteiger partial charge in [0.2, 0.25) is 11.6 Å². The van der Waals surface area contributed by atoms with E-state index < -0.39 is 24.0 Å². The lowest BCUT2D eigenvalue weighted by molar-refractivity contribution is -0.0430. The number of aromatic amines is 1. The minimum Gasteiger partial charge on any atom is -0.394 e. The summed E-state index contributed by atoms with van der Waals surface area (Å²) in [6.07, 6.45) is -0.489. The van der Waals surface area contributed by atoms with Crippen LogP contribution in [0.1, 0.15) is 12.6 Å². The second-order valence-electron chi connectivity index (χ2n) is 4.80. The average molecular weight is 291 g/mol. The normalized spacial score (nSPS) is 25.3. The number of rotatable bonds is 2. The third-order valence-corrected chi connectivity index (χ3v) is 3.50. The Bertz CT molecular complexity index is 789. The third kappa shape index (κ3) is 2.06. The Hall–Kier alpha value is -2.41. The zero-order valence-corrected chi connectivity index (χ0v) is 10.9. The van der Waals surface area contributed by atoms with Gasteiger partial charge in [-0.2, -0.15) is 4.98 Å². The number of nitrogens with two attached hydrogens (primary N) is 1. The van der Waals surface area contributed by atoms with Crippen molar-refractivity contribution in [1.29, 1.82) is 0 Å². The van der Waals surface area contributed by atoms with Gasteiger partial charge in [0.15, 0.2) is 0 Å². The van der Waals surface area contributed by atoms with E-state index >= 15 is 0 Å². The maximum absolute atomic E-state index is 11.9. The summed E-state index contributed by atoms with van der Waals surface area (Å²) in [6.45, 7) is 6.83. The number of nitrogens with one attached hydrogen (secondary N) is 1. The molecule has 1 fully saturated rings. The number of H-pyrrole nitrogens is 1. The van der Waals surface area contributed by atoms with E-state index in [2.05, 4.69) is 14.8 Å². The number of fused-ring (bicyclic) bond motifs is 1. The zero-order chi connectivity index (χ0) is 15.1. The van der Waals surface area contributed by atoms with E-state index in [-0.39, 0.29) is 35.7 Å². The molecule has 0 saturated carbocycles. The molecule has 3 atom stereocenters. The summed E-state index contributed by atoms with van der Waals surface area (Å²) in [7, 11) is 0. The van der Waals surface area contributed by atoms with Gasteiger partial charge >= 0.3 is 0 Å². The van der Waals surface area contributed by atoms with E-state index in [9.17, 15) is 9.90 Å². The first-order valence-electron chi connectivity index (χ1n) is 6.27. The fourth-order valence-corrected chi connectivity index (χ4v) is 2.51. The monoisotopic (exact) mass is 291 g/mol. The number of aliphatic hydroxyl groups is 2. The van der Waals surface area contributed by atoms with Crippen LogP contribution in [0.15, 0.2) is 11.0 Å². The molecule has 0 amide bonds. The van der Waals surface area contributed by atoms with Gasteiger partial charge in [0, 0.05) is 12.6 Å². The molecule has 2 aromatic rings. The lowest BCUT2D eigenvalue weighted by Gasteiger charge is -2.14. The number of anilines is 1. The van der Waals surface area contributed by atoms with Crippen LogP contribution < -0.4 is 11.3 Å². The molecule has 1 aliphatic heterocycles. The molecule has 0 aliphatic carbocycles. The Morgan fingerprint density at radius 3 is 3.05 bits per heavy atom. The highest BCUT2D eigenvalue weighted by atomic mass is 16.5. The van der Waals surface area contributed by atoms with Crippen LogP contribution in [0.25, 0.3) is 15.9 Å². The van der Waals surface area contributed by atoms with Gasteiger partial charge in [0.05, 0.1) is 24.7 Å². The third-order valence-electron chi connectivity index (χ3n) is 3.50. The molecule has 9 heteroatoms. The lowest BCUT2D eigenvalue weighted by atomic mass is 10.2. The molecule has 5 N–H and O–H groups in total. The highest BCUT2D eigenvalue weighted by molar-refractivity contribution is 5.90. The maximum atomic E-state index is 11.9. The first-order valence-corrected chi connectivity index (χ1v) is 6.27. The molecule has 0 radical (unpaired) electrons. The van der Waals surface area contributed by atoms with Crippen molar-refractivity contribution >= 4 is 22.7 Å². The van der Waals surface area contributed by atoms with Crippen LogP contribution in [0, 0.1) is 6.57 Å². The molecule has 3 rings (SSSR count). The van der Waals surface area contributed by atoms with E-state index in [1.165, 1.54) is 10.8 Å². The number of hydrogen-bond donors (Lipinski definition) is 4. The molecular weight excluding hydrogens is 278 g/mol. The molecule has 0 spiro atoms. The second kappa shape index (κ2) is 4.85. The molecule has 9 nitrogen and oxygen atoms in total. The summed E-state index contributed by atoms with van der Waals surface area (Å²) in [5.74, 6) is -0.0689. The van der Waals surface area contributed by atoms with Crippen molar-refractivity contribution in [2.24, 2.45) is 0 Å². The van der Waals surface area contributed by atoms with E-state index in [0.29, 0.717) is 0 Å². The lowest BCUT2D eigenvalue weighted by Crippen LogP contribution is -2.24. The van der Waals surface area contributed by atoms with Gasteiger partial charge in [-0.3, -0.25) is 9.78 Å². The Balaban J connectivity index is 2.16. The smallest absolute Gasteiger partial charge is 0.251 e. The Kier molecular flexibility index (Phi) is 3.13. The summed E-state index contributed by atoms with van der Waals surface area (Å²) < 4.78 is 7.01. The fraction of sp³-hybridized carbons (Fsp3) is 0.417. The quantitative estimate of drug-likeness (QED) is 0.552. The standard InChI is InChI=1S/C12H13N5O4/c1-14-5-3-17(8-2-6(19)7(4-18)21-8)10-9(5)11(20)16-12(13)15-10/h3,6-8,18-19H,2,4H2,(H3,13,15,16,20)/t6-,7+,8+/m0/s1. The van der Waals surface area contributed by atoms with Crippen molar-refractivity contribution in [2.45, 2.75) is 24.9 Å². The van der Waals surface area contributed by atoms with Crippen LogP contribution in [-0.4, -0.2) is 43.6 Å². The van der Waals surface area contributed by atoms with Crippen LogP contribution in [0.4, 0.5) is 11.6 Å². The molecule has 110 valence electrons. The second-order valence-corrected chi connectivity index (χ2v) is 4.80. The first kappa shape index (κ1) is 13.6. The zero-order valence-electron chi connectivity index (χ0n) is 10.9. The highest BCUT2D eigenvalue weighted by Crippen LogP contribution is 2.34. The van der Waals surface area contributed by atoms with Crippen LogP contribution in [-0.2, 0) is 4.74 Å². The van der Waals surface area contributed by atoms with Crippen LogP contribution in [0.2, 0.25) is 0 Å². The van der Waals surface area contributed by atoms with Crippen molar-refractivity contribution < 1.29 is 14.9 Å². The number of hydrogen-bond acceptors (Lipinski definition) is 6. The van der Waals surface area contributed by atoms with Gasteiger partial charge in [0.25, 0.3) is 5.56 Å². The molecule has 0 bridgehead atoms. The van der Waals surface area contributed by atoms with Gasteiger partial charge < -0.3 is 25.3 Å². The van der Waals surface area contributed by atoms with Crippen LogP contribution in [0.3, 0.4) is 0 Å². The van der Waals surface area contributed by atoms with Crippen molar-refractivity contribution in [2.75, 3.05) is 12.3 Å². The van der Waals surface area contributed by atoms with Gasteiger partial charge in [-0.25, -0.2) is 4.85 Å². The van der Waals surface area contributed by atoms with Crippen molar-refractivity contribution in [1.82, 2.24) is 14.5 Å². The minimum absolute atomic E-state index is 0.0689. The van der Waals surface area contributed by atoms with Gasteiger partial charge in [0.1, 0.15) is 18.0 Å². The summed E-state index contributed by atoms with van der Waals surface area (Å²) in [5.41, 5.74) is 5.38. The molecule has 0 aromatic carbocycles. The van der Waals surface area contributed by atoms with Crippen molar-refractivity contribution in [3.05, 3.63) is 28.0 Å². The summed E-state index contributed by atoms with van der Waals surface area (Å²) in [4.78, 5) is 21.6. The predicted octanol–water partition coefficient (Wildman–Crippen LogP) is -0.502. The largest absolute Gasteiger partial charge is 0.394 e. The van der Waals surface area contributed by atoms with Crippen molar-refractivity contribution in [3.8, 4) is 0 Å². The van der Waals surface area contributed by atoms with Gasteiger partial charge in [-0.15, -0.1) is 0 Å². The van der Waals surface area contributed by atoms with E-state index in [1.54, 1.807) is 0 Å². The SMILES string of the molecule is [C-]#[N+]c1cn([C@H]2C[C@H](O)[C@@H](CO)O2)c2nc(N)[nH]c(=O)c12. The predicted molar refractivity (Wildman–Crippen MR) is 72.6 cm³/mol. The molecular formula is C12H13N5O4. The Morgan fingerprint density at radius 1 is 1.67 bits per heavy atom. The number of aliphatic hydroxyl groups excluding tert-OH is 2. The number of ether oxygens (including phenoxy) is 1. The molecule has 21 heavy (non-hydrogen) atoms. The van der Waals surface area contributed by atoms with Gasteiger partial charge in [-0.05, 0) is 0 Å². The number of nitrogen functional groups attached to an aromatic ring is 1. The van der Waals surface area contributed by atoms with E-state index in [0.717, 1.165) is 0 Å². The fourth-order valence-electron chi connectivity index (χ4n) is 2.51. The average Bonchev–Trinajstić information content (AvgIpc) is 2.98. The van der Waals surface area contributed by atoms with Crippen molar-refractivity contribution in [3.63, 3.8) is 0 Å². The van der Waals surface area contributed by atoms with Crippen LogP contribution >= 0.6 is 0 Å². The van der Waals surface area contributed by atoms with Gasteiger partial charge in [-0.1, -0.05) is 0 Å². The number of aromatic nitrogens is 3. The highest BCUT2D eigenvalue weighted by Gasteiger charge is 2.35. The number of nitrogens with zero attached hydrogens (tertiary/aromatic N) is 3. The van der Waals surface area contributed by atoms with E-state index in [4.69, 9.17) is 22.1 Å². The molecule has 2 aromatic heterocycles. The Morgan fingerprint density at radius 2 is 2.43 bits per heavy atom. The minimum atomic E-state index is -0.826. The summed E-state index contributed by atoms with van der Waals surface area (Å²) in [5, 5.41) is 19.0. The first-order chi connectivity index (χ1) is 10.0. The summed E-state index contributed by atoms with van der Waals surface area (Å²) >= 11 is 0. The van der Waals surface area contributed by atoms with E-state index in [1.807, 2.05) is 0 Å². The summed E-state index contributed by atoms with van der Waals surface area (Å²) in [6, 6.07) is 0. The molecule has 3 heterocycles. The molecule has 0 unspecified atom stereocenters. The maximum Gasteiger partial charge on any atom is 0.251 e. The molecule has 1 saturated heterocycles. The topological polar surface area (TPSA) is 131 Å². The van der Waals surface area contributed by atoms with Crippen LogP contribution in [0.5, 0.6) is 0 Å². The Labute approximate surface area is 118 Å².